The number of amides is 1. The predicted molar refractivity (Wildman–Crippen MR) is 83.2 cm³/mol. The van der Waals surface area contributed by atoms with Crippen molar-refractivity contribution in [3.05, 3.63) is 60.2 Å². The van der Waals surface area contributed by atoms with E-state index in [0.29, 0.717) is 23.4 Å². The van der Waals surface area contributed by atoms with Gasteiger partial charge in [-0.1, -0.05) is 30.3 Å². The number of carboxylic acid groups (broad SMARTS) is 1. The van der Waals surface area contributed by atoms with Crippen LogP contribution in [-0.4, -0.2) is 23.6 Å². The second-order valence-electron chi connectivity index (χ2n) is 4.66. The molecule has 2 aromatic carbocycles. The molecule has 2 rings (SSSR count). The van der Waals surface area contributed by atoms with E-state index in [1.165, 1.54) is 0 Å². The third-order valence-electron chi connectivity index (χ3n) is 2.96. The van der Waals surface area contributed by atoms with Crippen LogP contribution in [-0.2, 0) is 4.79 Å². The summed E-state index contributed by atoms with van der Waals surface area (Å²) in [4.78, 5) is 22.8. The van der Waals surface area contributed by atoms with Gasteiger partial charge < -0.3 is 15.2 Å². The Hall–Kier alpha value is -2.82. The molecular weight excluding hydrogens is 282 g/mol. The minimum atomic E-state index is -0.862. The van der Waals surface area contributed by atoms with Gasteiger partial charge in [-0.25, -0.2) is 0 Å². The Morgan fingerprint density at radius 1 is 1.00 bits per heavy atom. The number of ether oxygens (including phenoxy) is 1. The van der Waals surface area contributed by atoms with Gasteiger partial charge in [0.15, 0.2) is 0 Å². The first kappa shape index (κ1) is 15.6. The van der Waals surface area contributed by atoms with Crippen LogP contribution < -0.4 is 10.1 Å². The third-order valence-corrected chi connectivity index (χ3v) is 2.96. The lowest BCUT2D eigenvalue weighted by atomic mass is 10.2. The first-order valence-electron chi connectivity index (χ1n) is 6.97. The molecule has 5 heteroatoms. The van der Waals surface area contributed by atoms with E-state index in [2.05, 4.69) is 5.32 Å². The Kier molecular flexibility index (Phi) is 5.54. The molecule has 0 aliphatic heterocycles. The average Bonchev–Trinajstić information content (AvgIpc) is 2.52. The second kappa shape index (κ2) is 7.83. The summed E-state index contributed by atoms with van der Waals surface area (Å²) in [6, 6.07) is 16.0. The molecule has 0 aliphatic rings. The third kappa shape index (κ3) is 4.63. The van der Waals surface area contributed by atoms with Gasteiger partial charge in [0.2, 0.25) is 0 Å². The molecule has 0 radical (unpaired) electrons. The van der Waals surface area contributed by atoms with Gasteiger partial charge in [0, 0.05) is 12.1 Å². The molecule has 5 nitrogen and oxygen atoms in total. The van der Waals surface area contributed by atoms with Crippen molar-refractivity contribution in [2.45, 2.75) is 12.8 Å². The summed E-state index contributed by atoms with van der Waals surface area (Å²) in [6.07, 6.45) is 0.433. The number of benzene rings is 2. The van der Waals surface area contributed by atoms with Crippen LogP contribution in [0.4, 0.5) is 5.69 Å². The Balaban J connectivity index is 2.01. The highest BCUT2D eigenvalue weighted by Gasteiger charge is 2.12. The zero-order valence-electron chi connectivity index (χ0n) is 12.0. The fourth-order valence-electron chi connectivity index (χ4n) is 1.91. The summed E-state index contributed by atoms with van der Waals surface area (Å²) in [5.41, 5.74) is 1.12. The zero-order valence-corrected chi connectivity index (χ0v) is 12.0. The summed E-state index contributed by atoms with van der Waals surface area (Å²) in [6.45, 7) is 0.252. The number of aliphatic carboxylic acids is 1. The Labute approximate surface area is 128 Å². The second-order valence-corrected chi connectivity index (χ2v) is 4.66. The van der Waals surface area contributed by atoms with Gasteiger partial charge in [0.25, 0.3) is 5.91 Å². The first-order chi connectivity index (χ1) is 10.7. The fraction of sp³-hybridized carbons (Fsp3) is 0.176. The van der Waals surface area contributed by atoms with Crippen LogP contribution in [0.2, 0.25) is 0 Å². The lowest BCUT2D eigenvalue weighted by Gasteiger charge is -2.11. The topological polar surface area (TPSA) is 75.6 Å². The summed E-state index contributed by atoms with van der Waals surface area (Å²) < 4.78 is 5.52. The molecule has 114 valence electrons. The quantitative estimate of drug-likeness (QED) is 0.770. The van der Waals surface area contributed by atoms with Gasteiger partial charge >= 0.3 is 5.97 Å². The van der Waals surface area contributed by atoms with Crippen LogP contribution in [0, 0.1) is 0 Å². The lowest BCUT2D eigenvalue weighted by Crippen LogP contribution is -2.14. The smallest absolute Gasteiger partial charge is 0.303 e. The molecule has 0 saturated heterocycles. The van der Waals surface area contributed by atoms with Crippen molar-refractivity contribution < 1.29 is 19.4 Å². The normalized spacial score (nSPS) is 10.0. The Morgan fingerprint density at radius 3 is 2.41 bits per heavy atom. The molecule has 0 aromatic heterocycles. The standard InChI is InChI=1S/C17H17NO4/c19-16(20)11-6-12-22-15-10-5-4-9-14(15)17(21)18-13-7-2-1-3-8-13/h1-5,7-10H,6,11-12H2,(H,18,21)(H,19,20). The van der Waals surface area contributed by atoms with Crippen molar-refractivity contribution in [3.63, 3.8) is 0 Å². The summed E-state index contributed by atoms with van der Waals surface area (Å²) in [7, 11) is 0. The van der Waals surface area contributed by atoms with Crippen molar-refractivity contribution in [1.82, 2.24) is 0 Å². The van der Waals surface area contributed by atoms with E-state index in [4.69, 9.17) is 9.84 Å². The maximum atomic E-state index is 12.3. The summed E-state index contributed by atoms with van der Waals surface area (Å²) in [5, 5.41) is 11.4. The molecule has 22 heavy (non-hydrogen) atoms. The molecule has 2 aromatic rings. The predicted octanol–water partition coefficient (Wildman–Crippen LogP) is 3.18. The van der Waals surface area contributed by atoms with E-state index in [0.717, 1.165) is 0 Å². The van der Waals surface area contributed by atoms with Crippen molar-refractivity contribution in [2.24, 2.45) is 0 Å². The molecule has 0 fully saturated rings. The van der Waals surface area contributed by atoms with Crippen LogP contribution in [0.15, 0.2) is 54.6 Å². The van der Waals surface area contributed by atoms with Crippen molar-refractivity contribution in [2.75, 3.05) is 11.9 Å². The van der Waals surface area contributed by atoms with Gasteiger partial charge in [-0.2, -0.15) is 0 Å². The number of para-hydroxylation sites is 2. The molecule has 0 saturated carbocycles. The fourth-order valence-corrected chi connectivity index (χ4v) is 1.91. The molecule has 0 unspecified atom stereocenters. The average molecular weight is 299 g/mol. The highest BCUT2D eigenvalue weighted by molar-refractivity contribution is 6.06. The molecule has 1 amide bonds. The molecular formula is C17H17NO4. The molecule has 0 spiro atoms. The highest BCUT2D eigenvalue weighted by atomic mass is 16.5. The molecule has 2 N–H and O–H groups in total. The van der Waals surface area contributed by atoms with Crippen LogP contribution in [0.25, 0.3) is 0 Å². The number of hydrogen-bond acceptors (Lipinski definition) is 3. The maximum Gasteiger partial charge on any atom is 0.303 e. The van der Waals surface area contributed by atoms with Crippen LogP contribution >= 0.6 is 0 Å². The van der Waals surface area contributed by atoms with E-state index in [1.54, 1.807) is 36.4 Å². The largest absolute Gasteiger partial charge is 0.493 e. The van der Waals surface area contributed by atoms with Gasteiger partial charge in [-0.05, 0) is 30.7 Å². The summed E-state index contributed by atoms with van der Waals surface area (Å²) in [5.74, 6) is -0.680. The molecule has 0 bridgehead atoms. The highest BCUT2D eigenvalue weighted by Crippen LogP contribution is 2.20. The van der Waals surface area contributed by atoms with Crippen LogP contribution in [0.3, 0.4) is 0 Å². The van der Waals surface area contributed by atoms with E-state index in [9.17, 15) is 9.59 Å². The summed E-state index contributed by atoms with van der Waals surface area (Å²) >= 11 is 0. The number of rotatable bonds is 7. The molecule has 0 aliphatic carbocycles. The Morgan fingerprint density at radius 2 is 1.68 bits per heavy atom. The van der Waals surface area contributed by atoms with Gasteiger partial charge in [0.05, 0.1) is 12.2 Å². The van der Waals surface area contributed by atoms with E-state index < -0.39 is 5.97 Å². The number of anilines is 1. The SMILES string of the molecule is O=C(O)CCCOc1ccccc1C(=O)Nc1ccccc1. The number of carboxylic acids is 1. The Bertz CT molecular complexity index is 640. The monoisotopic (exact) mass is 299 g/mol. The minimum absolute atomic E-state index is 0.0401. The number of carbonyl (C=O) groups is 2. The molecule has 0 atom stereocenters. The maximum absolute atomic E-state index is 12.3. The first-order valence-corrected chi connectivity index (χ1v) is 6.97. The van der Waals surface area contributed by atoms with Gasteiger partial charge in [-0.3, -0.25) is 9.59 Å². The van der Waals surface area contributed by atoms with Crippen molar-refractivity contribution in [1.29, 1.82) is 0 Å². The number of hydrogen-bond donors (Lipinski definition) is 2. The van der Waals surface area contributed by atoms with E-state index in [-0.39, 0.29) is 18.9 Å². The van der Waals surface area contributed by atoms with Crippen LogP contribution in [0.5, 0.6) is 5.75 Å². The minimum Gasteiger partial charge on any atom is -0.493 e. The molecule has 0 heterocycles. The van der Waals surface area contributed by atoms with Crippen LogP contribution in [0.1, 0.15) is 23.2 Å². The number of carbonyl (C=O) groups excluding carboxylic acids is 1. The lowest BCUT2D eigenvalue weighted by molar-refractivity contribution is -0.137. The van der Waals surface area contributed by atoms with Crippen molar-refractivity contribution in [3.8, 4) is 5.75 Å². The van der Waals surface area contributed by atoms with E-state index in [1.807, 2.05) is 18.2 Å². The number of nitrogens with one attached hydrogen (secondary N) is 1. The van der Waals surface area contributed by atoms with Crippen molar-refractivity contribution >= 4 is 17.6 Å². The van der Waals surface area contributed by atoms with E-state index >= 15 is 0 Å². The van der Waals surface area contributed by atoms with Gasteiger partial charge in [0.1, 0.15) is 5.75 Å². The van der Waals surface area contributed by atoms with Gasteiger partial charge in [-0.15, -0.1) is 0 Å². The zero-order chi connectivity index (χ0) is 15.8.